The molecular formula is C11H15NO5. The molecular weight excluding hydrogens is 226 g/mol. The summed E-state index contributed by atoms with van der Waals surface area (Å²) in [7, 11) is 0. The molecule has 6 nitrogen and oxygen atoms in total. The lowest BCUT2D eigenvalue weighted by molar-refractivity contribution is -0.146. The van der Waals surface area contributed by atoms with E-state index in [1.54, 1.807) is 6.92 Å². The van der Waals surface area contributed by atoms with E-state index in [2.05, 4.69) is 11.6 Å². The number of hydrogen-bond donors (Lipinski definition) is 3. The summed E-state index contributed by atoms with van der Waals surface area (Å²) in [5.41, 5.74) is 0.101. The van der Waals surface area contributed by atoms with E-state index in [1.807, 2.05) is 0 Å². The van der Waals surface area contributed by atoms with Crippen molar-refractivity contribution in [1.29, 1.82) is 0 Å². The van der Waals surface area contributed by atoms with Gasteiger partial charge in [0.15, 0.2) is 0 Å². The van der Waals surface area contributed by atoms with Crippen molar-refractivity contribution in [3.05, 3.63) is 12.2 Å². The summed E-state index contributed by atoms with van der Waals surface area (Å²) >= 11 is 0. The molecule has 0 spiro atoms. The van der Waals surface area contributed by atoms with E-state index >= 15 is 0 Å². The molecule has 17 heavy (non-hydrogen) atoms. The van der Waals surface area contributed by atoms with Gasteiger partial charge in [-0.05, 0) is 12.5 Å². The van der Waals surface area contributed by atoms with Gasteiger partial charge in [-0.3, -0.25) is 9.79 Å². The molecule has 1 aliphatic rings. The third-order valence-corrected chi connectivity index (χ3v) is 3.02. The number of carboxylic acids is 2. The van der Waals surface area contributed by atoms with E-state index in [0.717, 1.165) is 0 Å². The fourth-order valence-corrected chi connectivity index (χ4v) is 1.99. The molecule has 0 aromatic heterocycles. The van der Waals surface area contributed by atoms with Crippen LogP contribution in [0.4, 0.5) is 0 Å². The van der Waals surface area contributed by atoms with Crippen molar-refractivity contribution in [2.24, 2.45) is 16.8 Å². The molecule has 4 atom stereocenters. The second kappa shape index (κ2) is 4.67. The first-order chi connectivity index (χ1) is 7.77. The standard InChI is InChI=1S/C11H15NO5/c1-4-5(2)9(11(16)17)12-8(4)7(6(3)13)10(14)15/h4,6-8,13H,2H2,1,3H3,(H,14,15)(H,16,17)/t4-,6+,7+,8+/m0/s1. The number of carboxylic acid groups (broad SMARTS) is 2. The van der Waals surface area contributed by atoms with Crippen LogP contribution in [-0.2, 0) is 9.59 Å². The Morgan fingerprint density at radius 3 is 2.24 bits per heavy atom. The summed E-state index contributed by atoms with van der Waals surface area (Å²) < 4.78 is 0. The number of carbonyl (C=O) groups is 2. The zero-order valence-corrected chi connectivity index (χ0v) is 9.62. The molecule has 0 unspecified atom stereocenters. The van der Waals surface area contributed by atoms with E-state index in [9.17, 15) is 14.7 Å². The third-order valence-electron chi connectivity index (χ3n) is 3.02. The van der Waals surface area contributed by atoms with Crippen molar-refractivity contribution in [3.8, 4) is 0 Å². The summed E-state index contributed by atoms with van der Waals surface area (Å²) in [5, 5.41) is 27.3. The Balaban J connectivity index is 3.10. The first kappa shape index (κ1) is 13.4. The number of rotatable bonds is 4. The molecule has 0 radical (unpaired) electrons. The number of aliphatic hydroxyl groups excluding tert-OH is 1. The summed E-state index contributed by atoms with van der Waals surface area (Å²) in [5.74, 6) is -3.95. The van der Waals surface area contributed by atoms with Gasteiger partial charge in [0.1, 0.15) is 11.6 Å². The number of aliphatic imine (C=N–C) groups is 1. The van der Waals surface area contributed by atoms with Crippen LogP contribution in [0.15, 0.2) is 17.1 Å². The normalized spacial score (nSPS) is 27.5. The van der Waals surface area contributed by atoms with Crippen LogP contribution in [0.1, 0.15) is 13.8 Å². The highest BCUT2D eigenvalue weighted by atomic mass is 16.4. The maximum atomic E-state index is 11.1. The highest BCUT2D eigenvalue weighted by molar-refractivity contribution is 6.43. The molecule has 0 aromatic carbocycles. The predicted molar refractivity (Wildman–Crippen MR) is 60.0 cm³/mol. The zero-order chi connectivity index (χ0) is 13.3. The Kier molecular flexibility index (Phi) is 3.67. The van der Waals surface area contributed by atoms with Gasteiger partial charge in [0.05, 0.1) is 12.1 Å². The molecule has 0 amide bonds. The first-order valence-electron chi connectivity index (χ1n) is 5.18. The maximum Gasteiger partial charge on any atom is 0.354 e. The topological polar surface area (TPSA) is 107 Å². The monoisotopic (exact) mass is 241 g/mol. The minimum absolute atomic E-state index is 0.200. The van der Waals surface area contributed by atoms with Gasteiger partial charge in [-0.1, -0.05) is 13.5 Å². The average molecular weight is 241 g/mol. The van der Waals surface area contributed by atoms with Crippen molar-refractivity contribution in [3.63, 3.8) is 0 Å². The number of nitrogens with zero attached hydrogens (tertiary/aromatic N) is 1. The fraction of sp³-hybridized carbons (Fsp3) is 0.545. The average Bonchev–Trinajstić information content (AvgIpc) is 2.45. The van der Waals surface area contributed by atoms with Crippen LogP contribution in [0.2, 0.25) is 0 Å². The zero-order valence-electron chi connectivity index (χ0n) is 9.62. The smallest absolute Gasteiger partial charge is 0.354 e. The molecule has 1 aliphatic heterocycles. The van der Waals surface area contributed by atoms with Crippen LogP contribution in [0.5, 0.6) is 0 Å². The fourth-order valence-electron chi connectivity index (χ4n) is 1.99. The van der Waals surface area contributed by atoms with E-state index in [-0.39, 0.29) is 5.71 Å². The molecule has 3 N–H and O–H groups in total. The SMILES string of the molecule is C=C1C(C(=O)O)=N[C@@H]([C@H](C(=O)O)[C@@H](C)O)[C@H]1C. The van der Waals surface area contributed by atoms with Crippen LogP contribution in [0.3, 0.4) is 0 Å². The van der Waals surface area contributed by atoms with Crippen molar-refractivity contribution in [2.75, 3.05) is 0 Å². The highest BCUT2D eigenvalue weighted by Crippen LogP contribution is 2.32. The Hall–Kier alpha value is -1.69. The lowest BCUT2D eigenvalue weighted by atomic mass is 9.84. The van der Waals surface area contributed by atoms with Gasteiger partial charge in [0.25, 0.3) is 0 Å². The van der Waals surface area contributed by atoms with E-state index in [4.69, 9.17) is 10.2 Å². The van der Waals surface area contributed by atoms with Crippen LogP contribution in [-0.4, -0.2) is 45.1 Å². The second-order valence-corrected chi connectivity index (χ2v) is 4.19. The molecule has 94 valence electrons. The van der Waals surface area contributed by atoms with E-state index in [0.29, 0.717) is 5.57 Å². The molecule has 1 rings (SSSR count). The highest BCUT2D eigenvalue weighted by Gasteiger charge is 2.42. The van der Waals surface area contributed by atoms with Gasteiger partial charge in [0.2, 0.25) is 0 Å². The molecule has 0 saturated carbocycles. The van der Waals surface area contributed by atoms with E-state index in [1.165, 1.54) is 6.92 Å². The Morgan fingerprint density at radius 2 is 1.94 bits per heavy atom. The molecule has 0 saturated heterocycles. The number of aliphatic hydroxyl groups is 1. The molecule has 0 fully saturated rings. The lowest BCUT2D eigenvalue weighted by Crippen LogP contribution is -2.37. The summed E-state index contributed by atoms with van der Waals surface area (Å²) in [6, 6.07) is -0.786. The van der Waals surface area contributed by atoms with Crippen molar-refractivity contribution in [2.45, 2.75) is 26.0 Å². The minimum atomic E-state index is -1.22. The van der Waals surface area contributed by atoms with E-state index < -0.39 is 35.9 Å². The third kappa shape index (κ3) is 2.36. The van der Waals surface area contributed by atoms with Crippen molar-refractivity contribution in [1.82, 2.24) is 0 Å². The molecule has 0 bridgehead atoms. The Labute approximate surface area is 98.3 Å². The first-order valence-corrected chi connectivity index (χ1v) is 5.18. The van der Waals surface area contributed by atoms with Crippen LogP contribution in [0, 0.1) is 11.8 Å². The summed E-state index contributed by atoms with van der Waals surface area (Å²) in [6.45, 7) is 6.61. The van der Waals surface area contributed by atoms with Gasteiger partial charge in [-0.2, -0.15) is 0 Å². The molecule has 6 heteroatoms. The quantitative estimate of drug-likeness (QED) is 0.650. The van der Waals surface area contributed by atoms with Crippen molar-refractivity contribution < 1.29 is 24.9 Å². The largest absolute Gasteiger partial charge is 0.481 e. The van der Waals surface area contributed by atoms with Crippen molar-refractivity contribution >= 4 is 17.7 Å². The Morgan fingerprint density at radius 1 is 1.41 bits per heavy atom. The van der Waals surface area contributed by atoms with Gasteiger partial charge in [-0.25, -0.2) is 4.79 Å². The van der Waals surface area contributed by atoms with Gasteiger partial charge >= 0.3 is 11.9 Å². The predicted octanol–water partition coefficient (Wildman–Crippen LogP) is 0.168. The second-order valence-electron chi connectivity index (χ2n) is 4.19. The maximum absolute atomic E-state index is 11.1. The molecule has 1 heterocycles. The Bertz CT molecular complexity index is 399. The summed E-state index contributed by atoms with van der Waals surface area (Å²) in [4.78, 5) is 25.8. The van der Waals surface area contributed by atoms with Gasteiger partial charge in [0, 0.05) is 5.92 Å². The molecule has 0 aromatic rings. The van der Waals surface area contributed by atoms with Crippen LogP contribution < -0.4 is 0 Å². The minimum Gasteiger partial charge on any atom is -0.481 e. The van der Waals surface area contributed by atoms with Crippen LogP contribution >= 0.6 is 0 Å². The number of hydrogen-bond acceptors (Lipinski definition) is 4. The van der Waals surface area contributed by atoms with Gasteiger partial charge in [-0.15, -0.1) is 0 Å². The lowest BCUT2D eigenvalue weighted by Gasteiger charge is -2.23. The van der Waals surface area contributed by atoms with Gasteiger partial charge < -0.3 is 15.3 Å². The summed E-state index contributed by atoms with van der Waals surface area (Å²) in [6.07, 6.45) is -1.11. The number of aliphatic carboxylic acids is 2. The van der Waals surface area contributed by atoms with Crippen LogP contribution in [0.25, 0.3) is 0 Å². The molecule has 0 aliphatic carbocycles.